The number of rotatable bonds is 3. The number of benzene rings is 3. The first-order valence-corrected chi connectivity index (χ1v) is 6.26. The smallest absolute Gasteiger partial charge is 0.120 e. The van der Waals surface area contributed by atoms with Gasteiger partial charge in [-0.3, -0.25) is 0 Å². The standard InChI is InChI=1S/C17H15NO/c1-19-15-9-5-8-14(12-15)18-17-11-4-7-13-6-2-3-10-16(13)17/h2-12,18H,1H3. The Bertz CT molecular complexity index is 701. The lowest BCUT2D eigenvalue weighted by molar-refractivity contribution is 0.415. The van der Waals surface area contributed by atoms with Crippen molar-refractivity contribution in [3.05, 3.63) is 66.7 Å². The lowest BCUT2D eigenvalue weighted by atomic mass is 10.1. The minimum atomic E-state index is 0.852. The summed E-state index contributed by atoms with van der Waals surface area (Å²) >= 11 is 0. The normalized spacial score (nSPS) is 10.4. The predicted octanol–water partition coefficient (Wildman–Crippen LogP) is 4.59. The summed E-state index contributed by atoms with van der Waals surface area (Å²) in [6.07, 6.45) is 0. The molecule has 19 heavy (non-hydrogen) atoms. The lowest BCUT2D eigenvalue weighted by Crippen LogP contribution is -1.92. The van der Waals surface area contributed by atoms with E-state index < -0.39 is 0 Å². The first-order chi connectivity index (χ1) is 9.36. The van der Waals surface area contributed by atoms with E-state index in [1.807, 2.05) is 24.3 Å². The Morgan fingerprint density at radius 2 is 1.63 bits per heavy atom. The van der Waals surface area contributed by atoms with E-state index in [0.717, 1.165) is 17.1 Å². The Labute approximate surface area is 112 Å². The summed E-state index contributed by atoms with van der Waals surface area (Å²) in [5.41, 5.74) is 2.13. The molecule has 0 atom stereocenters. The fraction of sp³-hybridized carbons (Fsp3) is 0.0588. The van der Waals surface area contributed by atoms with E-state index >= 15 is 0 Å². The molecule has 0 aliphatic rings. The molecule has 0 aliphatic carbocycles. The van der Waals surface area contributed by atoms with Gasteiger partial charge in [-0.25, -0.2) is 0 Å². The van der Waals surface area contributed by atoms with Gasteiger partial charge in [0.15, 0.2) is 0 Å². The lowest BCUT2D eigenvalue weighted by Gasteiger charge is -2.10. The molecule has 3 rings (SSSR count). The third-order valence-electron chi connectivity index (χ3n) is 3.14. The first-order valence-electron chi connectivity index (χ1n) is 6.26. The van der Waals surface area contributed by atoms with Crippen molar-refractivity contribution in [3.63, 3.8) is 0 Å². The largest absolute Gasteiger partial charge is 0.497 e. The third kappa shape index (κ3) is 2.38. The van der Waals surface area contributed by atoms with Gasteiger partial charge in [0.2, 0.25) is 0 Å². The fourth-order valence-corrected chi connectivity index (χ4v) is 2.19. The van der Waals surface area contributed by atoms with E-state index in [-0.39, 0.29) is 0 Å². The summed E-state index contributed by atoms with van der Waals surface area (Å²) in [4.78, 5) is 0. The summed E-state index contributed by atoms with van der Waals surface area (Å²) in [6.45, 7) is 0. The highest BCUT2D eigenvalue weighted by Crippen LogP contribution is 2.27. The SMILES string of the molecule is COc1cccc(Nc2cccc3ccccc23)c1. The molecule has 0 saturated carbocycles. The van der Waals surface area contributed by atoms with Crippen LogP contribution in [0.25, 0.3) is 10.8 Å². The number of fused-ring (bicyclic) bond motifs is 1. The molecule has 94 valence electrons. The molecule has 0 amide bonds. The fourth-order valence-electron chi connectivity index (χ4n) is 2.19. The monoisotopic (exact) mass is 249 g/mol. The van der Waals surface area contributed by atoms with Crippen molar-refractivity contribution in [2.45, 2.75) is 0 Å². The van der Waals surface area contributed by atoms with Gasteiger partial charge < -0.3 is 10.1 Å². The van der Waals surface area contributed by atoms with E-state index in [9.17, 15) is 0 Å². The molecule has 2 heteroatoms. The summed E-state index contributed by atoms with van der Waals surface area (Å²) in [6, 6.07) is 22.5. The van der Waals surface area contributed by atoms with Crippen LogP contribution in [0.15, 0.2) is 66.7 Å². The van der Waals surface area contributed by atoms with Gasteiger partial charge in [0, 0.05) is 22.8 Å². The molecule has 0 radical (unpaired) electrons. The number of methoxy groups -OCH3 is 1. The van der Waals surface area contributed by atoms with E-state index in [4.69, 9.17) is 4.74 Å². The maximum absolute atomic E-state index is 5.24. The van der Waals surface area contributed by atoms with Crippen LogP contribution in [0.2, 0.25) is 0 Å². The average molecular weight is 249 g/mol. The summed E-state index contributed by atoms with van der Waals surface area (Å²) in [5, 5.41) is 5.89. The molecule has 0 unspecified atom stereocenters. The second-order valence-corrected chi connectivity index (χ2v) is 4.38. The van der Waals surface area contributed by atoms with Gasteiger partial charge in [-0.05, 0) is 23.6 Å². The number of hydrogen-bond acceptors (Lipinski definition) is 2. The quantitative estimate of drug-likeness (QED) is 0.733. The number of hydrogen-bond donors (Lipinski definition) is 1. The Kier molecular flexibility index (Phi) is 3.07. The molecule has 0 fully saturated rings. The minimum Gasteiger partial charge on any atom is -0.497 e. The number of ether oxygens (including phenoxy) is 1. The van der Waals surface area contributed by atoms with Crippen molar-refractivity contribution >= 4 is 22.1 Å². The molecule has 2 nitrogen and oxygen atoms in total. The Morgan fingerprint density at radius 3 is 2.53 bits per heavy atom. The van der Waals surface area contributed by atoms with Crippen molar-refractivity contribution in [3.8, 4) is 5.75 Å². The van der Waals surface area contributed by atoms with E-state index in [2.05, 4.69) is 47.8 Å². The molecule has 0 bridgehead atoms. The number of anilines is 2. The average Bonchev–Trinajstić information content (AvgIpc) is 2.48. The molecule has 3 aromatic rings. The van der Waals surface area contributed by atoms with Gasteiger partial charge in [0.05, 0.1) is 7.11 Å². The van der Waals surface area contributed by atoms with Crippen LogP contribution in [-0.2, 0) is 0 Å². The minimum absolute atomic E-state index is 0.852. The van der Waals surface area contributed by atoms with Crippen LogP contribution in [0.5, 0.6) is 5.75 Å². The molecule has 0 saturated heterocycles. The van der Waals surface area contributed by atoms with E-state index in [1.54, 1.807) is 7.11 Å². The summed E-state index contributed by atoms with van der Waals surface area (Å²) in [7, 11) is 1.68. The number of nitrogens with one attached hydrogen (secondary N) is 1. The summed E-state index contributed by atoms with van der Waals surface area (Å²) < 4.78 is 5.24. The van der Waals surface area contributed by atoms with Gasteiger partial charge in [-0.2, -0.15) is 0 Å². The highest BCUT2D eigenvalue weighted by atomic mass is 16.5. The maximum Gasteiger partial charge on any atom is 0.120 e. The van der Waals surface area contributed by atoms with Crippen LogP contribution < -0.4 is 10.1 Å². The Hall–Kier alpha value is -2.48. The molecule has 0 aliphatic heterocycles. The van der Waals surface area contributed by atoms with Gasteiger partial charge >= 0.3 is 0 Å². The zero-order valence-electron chi connectivity index (χ0n) is 10.8. The maximum atomic E-state index is 5.24. The molecule has 0 aromatic heterocycles. The van der Waals surface area contributed by atoms with Gasteiger partial charge in [0.1, 0.15) is 5.75 Å². The van der Waals surface area contributed by atoms with Crippen LogP contribution in [0.1, 0.15) is 0 Å². The van der Waals surface area contributed by atoms with Crippen LogP contribution in [0.3, 0.4) is 0 Å². The molecule has 0 heterocycles. The highest BCUT2D eigenvalue weighted by molar-refractivity contribution is 5.95. The topological polar surface area (TPSA) is 21.3 Å². The van der Waals surface area contributed by atoms with Crippen LogP contribution in [0, 0.1) is 0 Å². The van der Waals surface area contributed by atoms with Crippen LogP contribution in [-0.4, -0.2) is 7.11 Å². The zero-order chi connectivity index (χ0) is 13.1. The van der Waals surface area contributed by atoms with Crippen molar-refractivity contribution in [2.24, 2.45) is 0 Å². The van der Waals surface area contributed by atoms with Crippen LogP contribution in [0.4, 0.5) is 11.4 Å². The van der Waals surface area contributed by atoms with Gasteiger partial charge in [-0.15, -0.1) is 0 Å². The van der Waals surface area contributed by atoms with E-state index in [0.29, 0.717) is 0 Å². The predicted molar refractivity (Wildman–Crippen MR) is 80.2 cm³/mol. The molecular formula is C17H15NO. The van der Waals surface area contributed by atoms with Gasteiger partial charge in [-0.1, -0.05) is 42.5 Å². The Balaban J connectivity index is 2.01. The second kappa shape index (κ2) is 5.02. The molecular weight excluding hydrogens is 234 g/mol. The first kappa shape index (κ1) is 11.6. The van der Waals surface area contributed by atoms with Crippen molar-refractivity contribution in [1.82, 2.24) is 0 Å². The molecule has 3 aromatic carbocycles. The zero-order valence-corrected chi connectivity index (χ0v) is 10.8. The molecule has 1 N–H and O–H groups in total. The van der Waals surface area contributed by atoms with Crippen molar-refractivity contribution in [2.75, 3.05) is 12.4 Å². The van der Waals surface area contributed by atoms with Crippen molar-refractivity contribution in [1.29, 1.82) is 0 Å². The van der Waals surface area contributed by atoms with Gasteiger partial charge in [0.25, 0.3) is 0 Å². The van der Waals surface area contributed by atoms with E-state index in [1.165, 1.54) is 10.8 Å². The van der Waals surface area contributed by atoms with Crippen molar-refractivity contribution < 1.29 is 4.74 Å². The van der Waals surface area contributed by atoms with Crippen LogP contribution >= 0.6 is 0 Å². The Morgan fingerprint density at radius 1 is 0.842 bits per heavy atom. The summed E-state index contributed by atoms with van der Waals surface area (Å²) in [5.74, 6) is 0.852. The highest BCUT2D eigenvalue weighted by Gasteiger charge is 2.01. The second-order valence-electron chi connectivity index (χ2n) is 4.38. The third-order valence-corrected chi connectivity index (χ3v) is 3.14. The molecule has 0 spiro atoms.